The van der Waals surface area contributed by atoms with Gasteiger partial charge in [-0.1, -0.05) is 29.9 Å². The average molecular weight is 172 g/mol. The number of hydrogen-bond donors (Lipinski definition) is 0. The summed E-state index contributed by atoms with van der Waals surface area (Å²) in [5.74, 6) is 1.85. The molecule has 0 spiro atoms. The molecule has 0 heterocycles. The van der Waals surface area contributed by atoms with E-state index >= 15 is 0 Å². The summed E-state index contributed by atoms with van der Waals surface area (Å²) in [5, 5.41) is 0. The fraction of sp³-hybridized carbons (Fsp3) is 0.538. The first-order chi connectivity index (χ1) is 6.43. The molecule has 13 heavy (non-hydrogen) atoms. The van der Waals surface area contributed by atoms with Crippen LogP contribution in [0, 0.1) is 11.8 Å². The van der Waals surface area contributed by atoms with Crippen LogP contribution in [0.4, 0.5) is 0 Å². The van der Waals surface area contributed by atoms with Gasteiger partial charge in [-0.05, 0) is 49.5 Å². The zero-order valence-electron chi connectivity index (χ0n) is 8.00. The van der Waals surface area contributed by atoms with Crippen LogP contribution < -0.4 is 0 Å². The Morgan fingerprint density at radius 2 is 2.15 bits per heavy atom. The summed E-state index contributed by atoms with van der Waals surface area (Å²) in [5.41, 5.74) is 3.41. The van der Waals surface area contributed by atoms with Crippen molar-refractivity contribution in [3.8, 4) is 0 Å². The highest BCUT2D eigenvalue weighted by atomic mass is 14.3. The van der Waals surface area contributed by atoms with Crippen LogP contribution in [-0.2, 0) is 0 Å². The van der Waals surface area contributed by atoms with E-state index in [-0.39, 0.29) is 0 Å². The van der Waals surface area contributed by atoms with Crippen LogP contribution in [-0.4, -0.2) is 0 Å². The first-order valence-electron chi connectivity index (χ1n) is 5.47. The quantitative estimate of drug-likeness (QED) is 0.489. The predicted molar refractivity (Wildman–Crippen MR) is 55.4 cm³/mol. The molecule has 0 nitrogen and oxygen atoms in total. The Morgan fingerprint density at radius 1 is 1.15 bits per heavy atom. The van der Waals surface area contributed by atoms with E-state index < -0.39 is 0 Å². The van der Waals surface area contributed by atoms with Gasteiger partial charge in [0.2, 0.25) is 0 Å². The van der Waals surface area contributed by atoms with Gasteiger partial charge in [-0.15, -0.1) is 0 Å². The molecule has 0 radical (unpaired) electrons. The van der Waals surface area contributed by atoms with Gasteiger partial charge in [-0.2, -0.15) is 0 Å². The normalized spacial score (nSPS) is 36.3. The van der Waals surface area contributed by atoms with Gasteiger partial charge in [0.15, 0.2) is 0 Å². The summed E-state index contributed by atoms with van der Waals surface area (Å²) in [6.45, 7) is 0. The van der Waals surface area contributed by atoms with Crippen LogP contribution in [0.1, 0.15) is 32.1 Å². The number of hydrogen-bond acceptors (Lipinski definition) is 0. The summed E-state index contributed by atoms with van der Waals surface area (Å²) in [4.78, 5) is 0. The number of fused-ring (bicyclic) bond motifs is 1. The van der Waals surface area contributed by atoms with Crippen molar-refractivity contribution >= 4 is 0 Å². The lowest BCUT2D eigenvalue weighted by molar-refractivity contribution is 0.334. The van der Waals surface area contributed by atoms with Gasteiger partial charge in [-0.25, -0.2) is 0 Å². The van der Waals surface area contributed by atoms with E-state index in [2.05, 4.69) is 24.3 Å². The summed E-state index contributed by atoms with van der Waals surface area (Å²) in [7, 11) is 0. The third kappa shape index (κ3) is 1.20. The molecule has 2 unspecified atom stereocenters. The molecule has 2 atom stereocenters. The Kier molecular flexibility index (Phi) is 1.68. The van der Waals surface area contributed by atoms with Crippen molar-refractivity contribution in [1.82, 2.24) is 0 Å². The van der Waals surface area contributed by atoms with Crippen molar-refractivity contribution in [3.05, 3.63) is 35.5 Å². The van der Waals surface area contributed by atoms with Crippen LogP contribution in [0.15, 0.2) is 35.5 Å². The number of rotatable bonds is 0. The van der Waals surface area contributed by atoms with E-state index in [0.29, 0.717) is 0 Å². The van der Waals surface area contributed by atoms with Crippen molar-refractivity contribution in [2.24, 2.45) is 11.8 Å². The fourth-order valence-corrected chi connectivity index (χ4v) is 3.03. The second-order valence-electron chi connectivity index (χ2n) is 4.57. The molecule has 0 amide bonds. The van der Waals surface area contributed by atoms with Crippen LogP contribution in [0.5, 0.6) is 0 Å². The minimum absolute atomic E-state index is 0.882. The summed E-state index contributed by atoms with van der Waals surface area (Å²) in [6.07, 6.45) is 16.2. The molecular formula is C13H16. The van der Waals surface area contributed by atoms with Crippen molar-refractivity contribution in [2.45, 2.75) is 32.1 Å². The zero-order valence-corrected chi connectivity index (χ0v) is 8.00. The Labute approximate surface area is 80.0 Å². The summed E-state index contributed by atoms with van der Waals surface area (Å²) in [6, 6.07) is 0. The van der Waals surface area contributed by atoms with E-state index in [4.69, 9.17) is 0 Å². The lowest BCUT2D eigenvalue weighted by Gasteiger charge is -2.33. The molecule has 0 N–H and O–H groups in total. The van der Waals surface area contributed by atoms with Crippen LogP contribution in [0.25, 0.3) is 0 Å². The van der Waals surface area contributed by atoms with Crippen molar-refractivity contribution in [3.63, 3.8) is 0 Å². The van der Waals surface area contributed by atoms with Gasteiger partial charge in [0.25, 0.3) is 0 Å². The lowest BCUT2D eigenvalue weighted by atomic mass is 9.72. The molecule has 0 saturated carbocycles. The molecule has 0 saturated heterocycles. The van der Waals surface area contributed by atoms with Gasteiger partial charge in [0, 0.05) is 0 Å². The largest absolute Gasteiger partial charge is 0.0882 e. The molecule has 0 bridgehead atoms. The molecule has 3 rings (SSSR count). The number of allylic oxidation sites excluding steroid dienone is 6. The van der Waals surface area contributed by atoms with E-state index in [1.54, 1.807) is 11.1 Å². The molecule has 68 valence electrons. The highest BCUT2D eigenvalue weighted by Gasteiger charge is 2.29. The standard InChI is InChI=1S/C13H16/c1-2-5-11-9-13-7-3-6-12(13)8-10(11)4-1/h1,3-4,7,10-11H,2,5-6,8-9H2. The van der Waals surface area contributed by atoms with Gasteiger partial charge >= 0.3 is 0 Å². The Bertz CT molecular complexity index is 304. The maximum absolute atomic E-state index is 2.47. The van der Waals surface area contributed by atoms with E-state index in [1.165, 1.54) is 32.1 Å². The zero-order chi connectivity index (χ0) is 8.67. The van der Waals surface area contributed by atoms with Crippen LogP contribution in [0.3, 0.4) is 0 Å². The predicted octanol–water partition coefficient (Wildman–Crippen LogP) is 3.62. The molecule has 0 aromatic rings. The molecular weight excluding hydrogens is 156 g/mol. The smallest absolute Gasteiger partial charge is 0.0130 e. The van der Waals surface area contributed by atoms with Crippen LogP contribution in [0.2, 0.25) is 0 Å². The van der Waals surface area contributed by atoms with Gasteiger partial charge in [-0.3, -0.25) is 0 Å². The fourth-order valence-electron chi connectivity index (χ4n) is 3.03. The topological polar surface area (TPSA) is 0 Å². The van der Waals surface area contributed by atoms with Crippen molar-refractivity contribution < 1.29 is 0 Å². The Balaban J connectivity index is 1.89. The molecule has 0 heteroatoms. The second-order valence-corrected chi connectivity index (χ2v) is 4.57. The first-order valence-corrected chi connectivity index (χ1v) is 5.47. The van der Waals surface area contributed by atoms with Crippen molar-refractivity contribution in [2.75, 3.05) is 0 Å². The monoisotopic (exact) mass is 172 g/mol. The Hall–Kier alpha value is -0.780. The van der Waals surface area contributed by atoms with Crippen LogP contribution >= 0.6 is 0 Å². The van der Waals surface area contributed by atoms with Gasteiger partial charge in [0.05, 0.1) is 0 Å². The molecule has 0 aliphatic heterocycles. The minimum atomic E-state index is 0.882. The maximum atomic E-state index is 2.47. The third-order valence-electron chi connectivity index (χ3n) is 3.79. The van der Waals surface area contributed by atoms with E-state index in [1.807, 2.05) is 0 Å². The highest BCUT2D eigenvalue weighted by Crippen LogP contribution is 2.43. The van der Waals surface area contributed by atoms with E-state index in [9.17, 15) is 0 Å². The molecule has 0 aromatic heterocycles. The molecule has 3 aliphatic carbocycles. The highest BCUT2D eigenvalue weighted by molar-refractivity contribution is 5.37. The van der Waals surface area contributed by atoms with Gasteiger partial charge in [0.1, 0.15) is 0 Å². The summed E-state index contributed by atoms with van der Waals surface area (Å²) < 4.78 is 0. The van der Waals surface area contributed by atoms with Crippen molar-refractivity contribution in [1.29, 1.82) is 0 Å². The second kappa shape index (κ2) is 2.87. The minimum Gasteiger partial charge on any atom is -0.0882 e. The third-order valence-corrected chi connectivity index (χ3v) is 3.79. The molecule has 0 aromatic carbocycles. The summed E-state index contributed by atoms with van der Waals surface area (Å²) >= 11 is 0. The molecule has 0 fully saturated rings. The lowest BCUT2D eigenvalue weighted by Crippen LogP contribution is -2.21. The molecule has 3 aliphatic rings. The Morgan fingerprint density at radius 3 is 3.15 bits per heavy atom. The maximum Gasteiger partial charge on any atom is -0.0130 e. The first kappa shape index (κ1) is 7.61. The SMILES string of the molecule is C1=CC2CC3=C(C=CC3)CC2CC1. The van der Waals surface area contributed by atoms with Gasteiger partial charge < -0.3 is 0 Å². The average Bonchev–Trinajstić information content (AvgIpc) is 2.61. The van der Waals surface area contributed by atoms with E-state index in [0.717, 1.165) is 11.8 Å².